The third kappa shape index (κ3) is 5.23. The first kappa shape index (κ1) is 20.6. The average molecular weight is 395 g/mol. The number of aryl methyl sites for hydroxylation is 3. The second-order valence-corrected chi connectivity index (χ2v) is 7.21. The van der Waals surface area contributed by atoms with Crippen LogP contribution in [0, 0.1) is 30.9 Å². The summed E-state index contributed by atoms with van der Waals surface area (Å²) in [6, 6.07) is 6.23. The van der Waals surface area contributed by atoms with E-state index < -0.39 is 4.92 Å². The molecule has 1 fully saturated rings. The Morgan fingerprint density at radius 3 is 2.48 bits per heavy atom. The number of rotatable bonds is 5. The van der Waals surface area contributed by atoms with Crippen LogP contribution in [0.25, 0.3) is 6.08 Å². The van der Waals surface area contributed by atoms with Crippen LogP contribution in [0.4, 0.5) is 5.69 Å². The Hall–Kier alpha value is -3.13. The summed E-state index contributed by atoms with van der Waals surface area (Å²) in [5, 5.41) is 10.8. The second-order valence-electron chi connectivity index (χ2n) is 7.21. The third-order valence-corrected chi connectivity index (χ3v) is 5.14. The molecule has 29 heavy (non-hydrogen) atoms. The Balaban J connectivity index is 1.55. The highest BCUT2D eigenvalue weighted by Crippen LogP contribution is 2.15. The highest BCUT2D eigenvalue weighted by atomic mass is 16.6. The molecule has 1 amide bonds. The summed E-state index contributed by atoms with van der Waals surface area (Å²) < 4.78 is 0. The Bertz CT molecular complexity index is 949. The van der Waals surface area contributed by atoms with Gasteiger partial charge in [-0.1, -0.05) is 12.1 Å². The van der Waals surface area contributed by atoms with Gasteiger partial charge >= 0.3 is 0 Å². The molecule has 0 unspecified atom stereocenters. The van der Waals surface area contributed by atoms with E-state index in [0.29, 0.717) is 18.7 Å². The van der Waals surface area contributed by atoms with Crippen molar-refractivity contribution in [3.63, 3.8) is 0 Å². The SMILES string of the molecule is Cc1nc(C)c(CN2CCN(C(=O)/C=C/c3cccc([N+](=O)[O-])c3)CC2)nc1C. The fourth-order valence-corrected chi connectivity index (χ4v) is 3.26. The summed E-state index contributed by atoms with van der Waals surface area (Å²) in [4.78, 5) is 36.1. The van der Waals surface area contributed by atoms with Crippen molar-refractivity contribution < 1.29 is 9.72 Å². The number of piperazine rings is 1. The molecule has 0 bridgehead atoms. The summed E-state index contributed by atoms with van der Waals surface area (Å²) in [6.07, 6.45) is 3.10. The van der Waals surface area contributed by atoms with Crippen molar-refractivity contribution in [3.05, 3.63) is 68.8 Å². The van der Waals surface area contributed by atoms with Crippen LogP contribution in [0.1, 0.15) is 28.3 Å². The van der Waals surface area contributed by atoms with E-state index in [1.54, 1.807) is 23.1 Å². The van der Waals surface area contributed by atoms with Crippen LogP contribution in [0.5, 0.6) is 0 Å². The Morgan fingerprint density at radius 2 is 1.79 bits per heavy atom. The maximum absolute atomic E-state index is 12.5. The van der Waals surface area contributed by atoms with Crippen LogP contribution in [-0.2, 0) is 11.3 Å². The monoisotopic (exact) mass is 395 g/mol. The maximum Gasteiger partial charge on any atom is 0.270 e. The number of carbonyl (C=O) groups is 1. The normalized spacial score (nSPS) is 15.1. The lowest BCUT2D eigenvalue weighted by Gasteiger charge is -2.34. The molecule has 1 saturated heterocycles. The maximum atomic E-state index is 12.5. The van der Waals surface area contributed by atoms with Crippen molar-refractivity contribution in [1.29, 1.82) is 0 Å². The van der Waals surface area contributed by atoms with E-state index in [2.05, 4.69) is 14.9 Å². The summed E-state index contributed by atoms with van der Waals surface area (Å²) in [7, 11) is 0. The topological polar surface area (TPSA) is 92.5 Å². The van der Waals surface area contributed by atoms with Crippen LogP contribution >= 0.6 is 0 Å². The molecule has 3 rings (SSSR count). The van der Waals surface area contributed by atoms with Crippen molar-refractivity contribution >= 4 is 17.7 Å². The second kappa shape index (κ2) is 8.91. The molecule has 152 valence electrons. The van der Waals surface area contributed by atoms with Crippen molar-refractivity contribution in [2.24, 2.45) is 0 Å². The number of nitro groups is 1. The van der Waals surface area contributed by atoms with E-state index in [0.717, 1.165) is 42.4 Å². The number of non-ortho nitro benzene ring substituents is 1. The lowest BCUT2D eigenvalue weighted by Crippen LogP contribution is -2.48. The number of nitro benzene ring substituents is 1. The van der Waals surface area contributed by atoms with E-state index in [4.69, 9.17) is 0 Å². The van der Waals surface area contributed by atoms with Crippen molar-refractivity contribution in [2.45, 2.75) is 27.3 Å². The summed E-state index contributed by atoms with van der Waals surface area (Å²) in [5.41, 5.74) is 4.49. The van der Waals surface area contributed by atoms with Gasteiger partial charge in [-0.2, -0.15) is 0 Å². The smallest absolute Gasteiger partial charge is 0.270 e. The lowest BCUT2D eigenvalue weighted by atomic mass is 10.2. The van der Waals surface area contributed by atoms with Gasteiger partial charge in [0.15, 0.2) is 0 Å². The minimum absolute atomic E-state index is 0.0120. The van der Waals surface area contributed by atoms with Gasteiger partial charge < -0.3 is 4.90 Å². The number of nitrogens with zero attached hydrogens (tertiary/aromatic N) is 5. The van der Waals surface area contributed by atoms with Crippen LogP contribution in [0.3, 0.4) is 0 Å². The predicted molar refractivity (Wildman–Crippen MR) is 110 cm³/mol. The van der Waals surface area contributed by atoms with E-state index in [9.17, 15) is 14.9 Å². The molecule has 0 N–H and O–H groups in total. The zero-order valence-electron chi connectivity index (χ0n) is 17.0. The largest absolute Gasteiger partial charge is 0.337 e. The number of amides is 1. The molecular formula is C21H25N5O3. The van der Waals surface area contributed by atoms with Gasteiger partial charge in [-0.05, 0) is 32.4 Å². The van der Waals surface area contributed by atoms with Gasteiger partial charge in [0, 0.05) is 50.9 Å². The van der Waals surface area contributed by atoms with Crippen LogP contribution < -0.4 is 0 Å². The van der Waals surface area contributed by atoms with E-state index in [-0.39, 0.29) is 11.6 Å². The zero-order chi connectivity index (χ0) is 21.0. The molecule has 1 aromatic carbocycles. The first-order valence-electron chi connectivity index (χ1n) is 9.58. The number of benzene rings is 1. The zero-order valence-corrected chi connectivity index (χ0v) is 17.0. The number of aromatic nitrogens is 2. The van der Waals surface area contributed by atoms with E-state index >= 15 is 0 Å². The highest BCUT2D eigenvalue weighted by Gasteiger charge is 2.21. The molecule has 0 saturated carbocycles. The Kier molecular flexibility index (Phi) is 6.33. The van der Waals surface area contributed by atoms with Gasteiger partial charge in [-0.25, -0.2) is 0 Å². The van der Waals surface area contributed by atoms with Crippen LogP contribution in [0.15, 0.2) is 30.3 Å². The molecule has 1 aliphatic rings. The summed E-state index contributed by atoms with van der Waals surface area (Å²) in [5.74, 6) is -0.0849. The Morgan fingerprint density at radius 1 is 1.10 bits per heavy atom. The molecule has 2 heterocycles. The average Bonchev–Trinajstić information content (AvgIpc) is 2.71. The minimum atomic E-state index is -0.444. The van der Waals surface area contributed by atoms with E-state index in [1.807, 2.05) is 20.8 Å². The Labute approximate surface area is 170 Å². The molecule has 1 aromatic heterocycles. The number of carbonyl (C=O) groups excluding carboxylic acids is 1. The summed E-state index contributed by atoms with van der Waals surface area (Å²) in [6.45, 7) is 9.44. The van der Waals surface area contributed by atoms with Crippen LogP contribution in [-0.4, -0.2) is 56.8 Å². The molecular weight excluding hydrogens is 370 g/mol. The molecule has 1 aliphatic heterocycles. The minimum Gasteiger partial charge on any atom is -0.337 e. The van der Waals surface area contributed by atoms with E-state index in [1.165, 1.54) is 18.2 Å². The molecule has 0 atom stereocenters. The number of hydrogen-bond acceptors (Lipinski definition) is 6. The van der Waals surface area contributed by atoms with Gasteiger partial charge in [0.2, 0.25) is 5.91 Å². The lowest BCUT2D eigenvalue weighted by molar-refractivity contribution is -0.384. The van der Waals surface area contributed by atoms with Crippen molar-refractivity contribution in [1.82, 2.24) is 19.8 Å². The van der Waals surface area contributed by atoms with Crippen molar-refractivity contribution in [2.75, 3.05) is 26.2 Å². The fraction of sp³-hybridized carbons (Fsp3) is 0.381. The molecule has 8 nitrogen and oxygen atoms in total. The predicted octanol–water partition coefficient (Wildman–Crippen LogP) is 2.67. The molecule has 2 aromatic rings. The number of hydrogen-bond donors (Lipinski definition) is 0. The van der Waals surface area contributed by atoms with Crippen LogP contribution in [0.2, 0.25) is 0 Å². The van der Waals surface area contributed by atoms with Gasteiger partial charge in [0.25, 0.3) is 5.69 Å². The fourth-order valence-electron chi connectivity index (χ4n) is 3.26. The third-order valence-electron chi connectivity index (χ3n) is 5.14. The van der Waals surface area contributed by atoms with Gasteiger partial charge in [0.05, 0.1) is 27.7 Å². The van der Waals surface area contributed by atoms with Gasteiger partial charge in [0.1, 0.15) is 0 Å². The molecule has 8 heteroatoms. The first-order valence-corrected chi connectivity index (χ1v) is 9.58. The standard InChI is InChI=1S/C21H25N5O3/c1-15-16(2)23-20(17(3)22-15)14-24-9-11-25(12-10-24)21(27)8-7-18-5-4-6-19(13-18)26(28)29/h4-8,13H,9-12,14H2,1-3H3/b8-7+. The summed E-state index contributed by atoms with van der Waals surface area (Å²) >= 11 is 0. The highest BCUT2D eigenvalue weighted by molar-refractivity contribution is 5.91. The molecule has 0 radical (unpaired) electrons. The van der Waals surface area contributed by atoms with Gasteiger partial charge in [-0.3, -0.25) is 29.8 Å². The quantitative estimate of drug-likeness (QED) is 0.439. The molecule has 0 aliphatic carbocycles. The van der Waals surface area contributed by atoms with Crippen molar-refractivity contribution in [3.8, 4) is 0 Å². The molecule has 0 spiro atoms. The van der Waals surface area contributed by atoms with Gasteiger partial charge in [-0.15, -0.1) is 0 Å². The first-order chi connectivity index (χ1) is 13.8.